The number of hydrogen-bond donors (Lipinski definition) is 2. The molecule has 1 aromatic carbocycles. The number of anilines is 1. The van der Waals surface area contributed by atoms with E-state index in [2.05, 4.69) is 10.3 Å². The average molecular weight is 251 g/mol. The van der Waals surface area contributed by atoms with Crippen LogP contribution in [0.2, 0.25) is 0 Å². The molecule has 96 valence electrons. The SMILES string of the molecule is CC(CO)CNc1nc2ccc([N+](=O)[O-])cc2o1. The van der Waals surface area contributed by atoms with Gasteiger partial charge in [-0.1, -0.05) is 6.92 Å². The van der Waals surface area contributed by atoms with Gasteiger partial charge in [0.1, 0.15) is 5.52 Å². The van der Waals surface area contributed by atoms with Crippen molar-refractivity contribution in [1.29, 1.82) is 0 Å². The summed E-state index contributed by atoms with van der Waals surface area (Å²) in [5.41, 5.74) is 0.886. The van der Waals surface area contributed by atoms with Gasteiger partial charge in [-0.05, 0) is 12.0 Å². The van der Waals surface area contributed by atoms with Crippen molar-refractivity contribution in [3.8, 4) is 0 Å². The molecule has 0 amide bonds. The second-order valence-corrected chi connectivity index (χ2v) is 4.10. The van der Waals surface area contributed by atoms with Gasteiger partial charge in [-0.25, -0.2) is 0 Å². The lowest BCUT2D eigenvalue weighted by Crippen LogP contribution is -2.14. The topological polar surface area (TPSA) is 101 Å². The number of aliphatic hydroxyl groups excluding tert-OH is 1. The van der Waals surface area contributed by atoms with Gasteiger partial charge in [0.15, 0.2) is 5.58 Å². The number of nitrogens with one attached hydrogen (secondary N) is 1. The Bertz CT molecular complexity index is 566. The largest absolute Gasteiger partial charge is 0.423 e. The molecule has 1 heterocycles. The Morgan fingerprint density at radius 3 is 3.06 bits per heavy atom. The van der Waals surface area contributed by atoms with Gasteiger partial charge in [-0.2, -0.15) is 4.98 Å². The molecule has 0 aliphatic rings. The Hall–Kier alpha value is -2.15. The first-order valence-corrected chi connectivity index (χ1v) is 5.50. The summed E-state index contributed by atoms with van der Waals surface area (Å²) in [6.07, 6.45) is 0. The zero-order chi connectivity index (χ0) is 13.1. The Morgan fingerprint density at radius 1 is 1.61 bits per heavy atom. The van der Waals surface area contributed by atoms with Crippen molar-refractivity contribution in [3.05, 3.63) is 28.3 Å². The highest BCUT2D eigenvalue weighted by Crippen LogP contribution is 2.23. The minimum absolute atomic E-state index is 0.0334. The van der Waals surface area contributed by atoms with Crippen LogP contribution in [0.3, 0.4) is 0 Å². The molecule has 0 saturated carbocycles. The molecular formula is C11H13N3O4. The predicted octanol–water partition coefficient (Wildman–Crippen LogP) is 1.78. The van der Waals surface area contributed by atoms with Gasteiger partial charge < -0.3 is 14.8 Å². The monoisotopic (exact) mass is 251 g/mol. The fourth-order valence-corrected chi connectivity index (χ4v) is 1.43. The summed E-state index contributed by atoms with van der Waals surface area (Å²) in [6.45, 7) is 2.46. The van der Waals surface area contributed by atoms with Crippen molar-refractivity contribution >= 4 is 22.8 Å². The first-order valence-electron chi connectivity index (χ1n) is 5.50. The van der Waals surface area contributed by atoms with Crippen molar-refractivity contribution < 1.29 is 14.4 Å². The quantitative estimate of drug-likeness (QED) is 0.620. The number of aliphatic hydroxyl groups is 1. The summed E-state index contributed by atoms with van der Waals surface area (Å²) in [5.74, 6) is 0.0781. The van der Waals surface area contributed by atoms with Crippen LogP contribution in [-0.2, 0) is 0 Å². The molecule has 1 unspecified atom stereocenters. The van der Waals surface area contributed by atoms with Gasteiger partial charge in [0.2, 0.25) is 0 Å². The highest BCUT2D eigenvalue weighted by molar-refractivity contribution is 5.77. The van der Waals surface area contributed by atoms with Crippen LogP contribution in [0.1, 0.15) is 6.92 Å². The van der Waals surface area contributed by atoms with Gasteiger partial charge in [0.25, 0.3) is 11.7 Å². The van der Waals surface area contributed by atoms with Crippen LogP contribution in [0, 0.1) is 16.0 Å². The Balaban J connectivity index is 2.19. The molecule has 2 N–H and O–H groups in total. The van der Waals surface area contributed by atoms with E-state index in [4.69, 9.17) is 9.52 Å². The lowest BCUT2D eigenvalue weighted by atomic mass is 10.2. The molecule has 1 aromatic heterocycles. The van der Waals surface area contributed by atoms with Crippen LogP contribution in [0.15, 0.2) is 22.6 Å². The molecule has 0 bridgehead atoms. The van der Waals surface area contributed by atoms with E-state index in [9.17, 15) is 10.1 Å². The molecular weight excluding hydrogens is 238 g/mol. The normalized spacial score (nSPS) is 12.6. The van der Waals surface area contributed by atoms with E-state index in [0.717, 1.165) is 0 Å². The molecule has 2 aromatic rings. The van der Waals surface area contributed by atoms with Gasteiger partial charge in [-0.3, -0.25) is 10.1 Å². The molecule has 2 rings (SSSR count). The van der Waals surface area contributed by atoms with Gasteiger partial charge in [0, 0.05) is 19.2 Å². The number of aromatic nitrogens is 1. The summed E-state index contributed by atoms with van der Waals surface area (Å²) >= 11 is 0. The Kier molecular flexibility index (Phi) is 3.42. The molecule has 0 aliphatic carbocycles. The van der Waals surface area contributed by atoms with Crippen LogP contribution in [0.4, 0.5) is 11.7 Å². The molecule has 7 nitrogen and oxygen atoms in total. The number of nitro benzene ring substituents is 1. The summed E-state index contributed by atoms with van der Waals surface area (Å²) in [4.78, 5) is 14.3. The molecule has 0 radical (unpaired) electrons. The first kappa shape index (κ1) is 12.3. The maximum atomic E-state index is 10.6. The van der Waals surface area contributed by atoms with E-state index < -0.39 is 4.92 Å². The number of rotatable bonds is 5. The summed E-state index contributed by atoms with van der Waals surface area (Å²) in [5, 5.41) is 22.4. The second kappa shape index (κ2) is 5.01. The lowest BCUT2D eigenvalue weighted by Gasteiger charge is -2.06. The van der Waals surface area contributed by atoms with E-state index in [1.54, 1.807) is 0 Å². The maximum Gasteiger partial charge on any atom is 0.295 e. The number of fused-ring (bicyclic) bond motifs is 1. The Morgan fingerprint density at radius 2 is 2.39 bits per heavy atom. The van der Waals surface area contributed by atoms with Crippen molar-refractivity contribution in [2.24, 2.45) is 5.92 Å². The number of nitrogens with zero attached hydrogens (tertiary/aromatic N) is 2. The van der Waals surface area contributed by atoms with E-state index in [0.29, 0.717) is 23.7 Å². The number of nitro groups is 1. The van der Waals surface area contributed by atoms with Crippen LogP contribution in [0.25, 0.3) is 11.1 Å². The van der Waals surface area contributed by atoms with Crippen molar-refractivity contribution in [1.82, 2.24) is 4.98 Å². The molecule has 7 heteroatoms. The van der Waals surface area contributed by atoms with Crippen LogP contribution in [-0.4, -0.2) is 28.2 Å². The van der Waals surface area contributed by atoms with Gasteiger partial charge in [0.05, 0.1) is 11.0 Å². The molecule has 0 spiro atoms. The molecule has 0 aliphatic heterocycles. The van der Waals surface area contributed by atoms with E-state index >= 15 is 0 Å². The summed E-state index contributed by atoms with van der Waals surface area (Å²) < 4.78 is 5.35. The number of non-ortho nitro benzene ring substituents is 1. The number of oxazole rings is 1. The highest BCUT2D eigenvalue weighted by atomic mass is 16.6. The third-order valence-corrected chi connectivity index (χ3v) is 2.50. The van der Waals surface area contributed by atoms with Crippen molar-refractivity contribution in [2.45, 2.75) is 6.92 Å². The van der Waals surface area contributed by atoms with E-state index in [1.807, 2.05) is 6.92 Å². The maximum absolute atomic E-state index is 10.6. The molecule has 0 fully saturated rings. The van der Waals surface area contributed by atoms with Gasteiger partial charge >= 0.3 is 0 Å². The number of hydrogen-bond acceptors (Lipinski definition) is 6. The second-order valence-electron chi connectivity index (χ2n) is 4.10. The standard InChI is InChI=1S/C11H13N3O4/c1-7(6-15)5-12-11-13-9-3-2-8(14(16)17)4-10(9)18-11/h2-4,7,15H,5-6H2,1H3,(H,12,13). The van der Waals surface area contributed by atoms with E-state index in [1.165, 1.54) is 18.2 Å². The Labute approximate surface area is 103 Å². The molecule has 0 saturated heterocycles. The molecule has 1 atom stereocenters. The van der Waals surface area contributed by atoms with Gasteiger partial charge in [-0.15, -0.1) is 0 Å². The smallest absolute Gasteiger partial charge is 0.295 e. The first-order chi connectivity index (χ1) is 8.60. The molecule has 18 heavy (non-hydrogen) atoms. The third kappa shape index (κ3) is 2.57. The van der Waals surface area contributed by atoms with Crippen LogP contribution < -0.4 is 5.32 Å². The zero-order valence-electron chi connectivity index (χ0n) is 9.79. The van der Waals surface area contributed by atoms with Crippen molar-refractivity contribution in [2.75, 3.05) is 18.5 Å². The third-order valence-electron chi connectivity index (χ3n) is 2.50. The fraction of sp³-hybridized carbons (Fsp3) is 0.364. The predicted molar refractivity (Wildman–Crippen MR) is 65.4 cm³/mol. The van der Waals surface area contributed by atoms with Crippen LogP contribution in [0.5, 0.6) is 0 Å². The minimum Gasteiger partial charge on any atom is -0.423 e. The fourth-order valence-electron chi connectivity index (χ4n) is 1.43. The highest BCUT2D eigenvalue weighted by Gasteiger charge is 2.11. The van der Waals surface area contributed by atoms with Crippen LogP contribution >= 0.6 is 0 Å². The minimum atomic E-state index is -0.483. The summed E-state index contributed by atoms with van der Waals surface area (Å²) in [7, 11) is 0. The zero-order valence-corrected chi connectivity index (χ0v) is 9.79. The van der Waals surface area contributed by atoms with Crippen molar-refractivity contribution in [3.63, 3.8) is 0 Å². The summed E-state index contributed by atoms with van der Waals surface area (Å²) in [6, 6.07) is 4.55. The van der Waals surface area contributed by atoms with E-state index in [-0.39, 0.29) is 18.2 Å². The number of benzene rings is 1. The lowest BCUT2D eigenvalue weighted by molar-refractivity contribution is -0.384. The average Bonchev–Trinajstić information content (AvgIpc) is 2.77.